The molecule has 5 nitrogen and oxygen atoms in total. The van der Waals surface area contributed by atoms with Gasteiger partial charge in [-0.05, 0) is 28.4 Å². The molecule has 1 aromatic heterocycles. The summed E-state index contributed by atoms with van der Waals surface area (Å²) in [7, 11) is -1.95. The SMILES string of the molecule is COCCCNS(=O)(=O)c1cc(CO)sc1Br. The van der Waals surface area contributed by atoms with E-state index in [2.05, 4.69) is 20.7 Å². The van der Waals surface area contributed by atoms with E-state index in [1.807, 2.05) is 0 Å². The first kappa shape index (κ1) is 15.1. The predicted molar refractivity (Wildman–Crippen MR) is 69.6 cm³/mol. The molecule has 0 aliphatic heterocycles. The number of hydrogen-bond acceptors (Lipinski definition) is 5. The highest BCUT2D eigenvalue weighted by atomic mass is 79.9. The number of thiophene rings is 1. The Morgan fingerprint density at radius 3 is 2.82 bits per heavy atom. The van der Waals surface area contributed by atoms with Crippen molar-refractivity contribution in [3.8, 4) is 0 Å². The fraction of sp³-hybridized carbons (Fsp3) is 0.556. The summed E-state index contributed by atoms with van der Waals surface area (Å²) in [6, 6.07) is 1.47. The number of sulfonamides is 1. The van der Waals surface area contributed by atoms with Gasteiger partial charge in [-0.1, -0.05) is 0 Å². The normalized spacial score (nSPS) is 11.9. The highest BCUT2D eigenvalue weighted by Gasteiger charge is 2.20. The molecule has 17 heavy (non-hydrogen) atoms. The number of ether oxygens (including phenoxy) is 1. The van der Waals surface area contributed by atoms with E-state index in [0.29, 0.717) is 28.2 Å². The predicted octanol–water partition coefficient (Wildman–Crippen LogP) is 1.32. The number of methoxy groups -OCH3 is 1. The first-order valence-electron chi connectivity index (χ1n) is 4.89. The van der Waals surface area contributed by atoms with Crippen LogP contribution in [0.2, 0.25) is 0 Å². The van der Waals surface area contributed by atoms with Crippen LogP contribution in [-0.4, -0.2) is 33.8 Å². The van der Waals surface area contributed by atoms with Crippen LogP contribution in [0.1, 0.15) is 11.3 Å². The summed E-state index contributed by atoms with van der Waals surface area (Å²) in [4.78, 5) is 0.776. The molecule has 0 unspecified atom stereocenters. The maximum Gasteiger partial charge on any atom is 0.242 e. The largest absolute Gasteiger partial charge is 0.391 e. The Hall–Kier alpha value is 0.01000. The number of rotatable bonds is 7. The first-order valence-corrected chi connectivity index (χ1v) is 7.98. The second-order valence-electron chi connectivity index (χ2n) is 3.25. The molecule has 0 aliphatic rings. The minimum atomic E-state index is -3.51. The van der Waals surface area contributed by atoms with Gasteiger partial charge in [0.1, 0.15) is 4.90 Å². The van der Waals surface area contributed by atoms with Gasteiger partial charge in [-0.3, -0.25) is 0 Å². The zero-order chi connectivity index (χ0) is 12.9. The molecule has 98 valence electrons. The van der Waals surface area contributed by atoms with Crippen LogP contribution in [0.5, 0.6) is 0 Å². The van der Waals surface area contributed by atoms with Crippen molar-refractivity contribution in [1.29, 1.82) is 0 Å². The molecule has 1 aromatic rings. The Morgan fingerprint density at radius 1 is 1.59 bits per heavy atom. The molecule has 8 heteroatoms. The first-order chi connectivity index (χ1) is 8.01. The van der Waals surface area contributed by atoms with Crippen molar-refractivity contribution < 1.29 is 18.3 Å². The number of halogens is 1. The zero-order valence-corrected chi connectivity index (χ0v) is 12.5. The van der Waals surface area contributed by atoms with Crippen LogP contribution in [0, 0.1) is 0 Å². The lowest BCUT2D eigenvalue weighted by molar-refractivity contribution is 0.196. The number of nitrogens with one attached hydrogen (secondary N) is 1. The van der Waals surface area contributed by atoms with Crippen molar-refractivity contribution in [1.82, 2.24) is 4.72 Å². The van der Waals surface area contributed by atoms with Crippen LogP contribution in [0.4, 0.5) is 0 Å². The Morgan fingerprint density at radius 2 is 2.29 bits per heavy atom. The van der Waals surface area contributed by atoms with Gasteiger partial charge in [-0.25, -0.2) is 13.1 Å². The summed E-state index contributed by atoms with van der Waals surface area (Å²) in [6.07, 6.45) is 0.615. The highest BCUT2D eigenvalue weighted by molar-refractivity contribution is 9.11. The zero-order valence-electron chi connectivity index (χ0n) is 9.27. The number of aliphatic hydroxyl groups is 1. The second kappa shape index (κ2) is 6.81. The quantitative estimate of drug-likeness (QED) is 0.732. The minimum Gasteiger partial charge on any atom is -0.391 e. The van der Waals surface area contributed by atoms with E-state index in [1.165, 1.54) is 17.4 Å². The fourth-order valence-electron chi connectivity index (χ4n) is 1.16. The number of aliphatic hydroxyl groups excluding tert-OH is 1. The molecular weight excluding hydrogens is 330 g/mol. The van der Waals surface area contributed by atoms with Gasteiger partial charge in [0.15, 0.2) is 0 Å². The van der Waals surface area contributed by atoms with Crippen LogP contribution in [0.15, 0.2) is 14.7 Å². The maximum absolute atomic E-state index is 11.9. The van der Waals surface area contributed by atoms with E-state index in [1.54, 1.807) is 7.11 Å². The molecule has 0 fully saturated rings. The van der Waals surface area contributed by atoms with Gasteiger partial charge in [-0.2, -0.15) is 0 Å². The molecule has 0 aromatic carbocycles. The number of hydrogen-bond donors (Lipinski definition) is 2. The molecule has 0 spiro atoms. The van der Waals surface area contributed by atoms with E-state index in [9.17, 15) is 8.42 Å². The molecule has 0 saturated carbocycles. The van der Waals surface area contributed by atoms with E-state index in [0.717, 1.165) is 0 Å². The Labute approximate surface area is 113 Å². The van der Waals surface area contributed by atoms with Gasteiger partial charge in [-0.15, -0.1) is 11.3 Å². The van der Waals surface area contributed by atoms with Crippen molar-refractivity contribution >= 4 is 37.3 Å². The summed E-state index contributed by atoms with van der Waals surface area (Å²) in [6.45, 7) is 0.671. The van der Waals surface area contributed by atoms with Gasteiger partial charge in [0, 0.05) is 25.1 Å². The molecule has 0 bridgehead atoms. The highest BCUT2D eigenvalue weighted by Crippen LogP contribution is 2.31. The van der Waals surface area contributed by atoms with Crippen LogP contribution < -0.4 is 4.72 Å². The molecule has 0 amide bonds. The van der Waals surface area contributed by atoms with Gasteiger partial charge >= 0.3 is 0 Å². The third kappa shape index (κ3) is 4.31. The third-order valence-corrected chi connectivity index (χ3v) is 5.67. The van der Waals surface area contributed by atoms with E-state index in [4.69, 9.17) is 9.84 Å². The van der Waals surface area contributed by atoms with Crippen LogP contribution in [0.3, 0.4) is 0 Å². The molecule has 0 saturated heterocycles. The van der Waals surface area contributed by atoms with Crippen LogP contribution >= 0.6 is 27.3 Å². The Bertz CT molecular complexity index is 458. The van der Waals surface area contributed by atoms with Crippen LogP contribution in [-0.2, 0) is 21.4 Å². The Kier molecular flexibility index (Phi) is 6.04. The summed E-state index contributed by atoms with van der Waals surface area (Å²) < 4.78 is 31.6. The minimum absolute atomic E-state index is 0.164. The molecule has 0 radical (unpaired) electrons. The van der Waals surface area contributed by atoms with Crippen molar-refractivity contribution in [3.63, 3.8) is 0 Å². The standard InChI is InChI=1S/C9H14BrNO4S2/c1-15-4-2-3-11-17(13,14)8-5-7(6-12)16-9(8)10/h5,11-12H,2-4,6H2,1H3. The smallest absolute Gasteiger partial charge is 0.242 e. The monoisotopic (exact) mass is 343 g/mol. The summed E-state index contributed by atoms with van der Waals surface area (Å²) >= 11 is 4.39. The summed E-state index contributed by atoms with van der Waals surface area (Å²) in [5, 5.41) is 8.94. The van der Waals surface area contributed by atoms with Gasteiger partial charge in [0.25, 0.3) is 0 Å². The molecule has 0 atom stereocenters. The molecular formula is C9H14BrNO4S2. The topological polar surface area (TPSA) is 75.6 Å². The maximum atomic E-state index is 11.9. The van der Waals surface area contributed by atoms with Gasteiger partial charge < -0.3 is 9.84 Å². The van der Waals surface area contributed by atoms with E-state index >= 15 is 0 Å². The van der Waals surface area contributed by atoms with E-state index < -0.39 is 10.0 Å². The summed E-state index contributed by atoms with van der Waals surface area (Å²) in [5.74, 6) is 0. The third-order valence-electron chi connectivity index (χ3n) is 1.97. The lowest BCUT2D eigenvalue weighted by Crippen LogP contribution is -2.25. The second-order valence-corrected chi connectivity index (χ2v) is 7.44. The van der Waals surface area contributed by atoms with Crippen molar-refractivity contribution in [2.45, 2.75) is 17.9 Å². The molecule has 1 heterocycles. The molecule has 1 rings (SSSR count). The molecule has 0 aliphatic carbocycles. The average molecular weight is 344 g/mol. The van der Waals surface area contributed by atoms with Crippen molar-refractivity contribution in [2.75, 3.05) is 20.3 Å². The van der Waals surface area contributed by atoms with Crippen LogP contribution in [0.25, 0.3) is 0 Å². The average Bonchev–Trinajstić information content (AvgIpc) is 2.67. The fourth-order valence-corrected chi connectivity index (χ4v) is 4.77. The lowest BCUT2D eigenvalue weighted by atomic mass is 10.5. The summed E-state index contributed by atoms with van der Waals surface area (Å²) in [5.41, 5.74) is 0. The Balaban J connectivity index is 2.72. The van der Waals surface area contributed by atoms with Gasteiger partial charge in [0.2, 0.25) is 10.0 Å². The van der Waals surface area contributed by atoms with Crippen molar-refractivity contribution in [3.05, 3.63) is 14.7 Å². The molecule has 2 N–H and O–H groups in total. The van der Waals surface area contributed by atoms with Crippen molar-refractivity contribution in [2.24, 2.45) is 0 Å². The van der Waals surface area contributed by atoms with Gasteiger partial charge in [0.05, 0.1) is 10.4 Å². The lowest BCUT2D eigenvalue weighted by Gasteiger charge is -2.04. The van der Waals surface area contributed by atoms with E-state index in [-0.39, 0.29) is 11.5 Å².